The predicted molar refractivity (Wildman–Crippen MR) is 33.1 cm³/mol. The summed E-state index contributed by atoms with van der Waals surface area (Å²) in [6.07, 6.45) is 1.87. The Morgan fingerprint density at radius 2 is 2.00 bits per heavy atom. The van der Waals surface area contributed by atoms with Crippen LogP contribution in [0.5, 0.6) is 0 Å². The van der Waals surface area contributed by atoms with Gasteiger partial charge < -0.3 is 5.32 Å². The first-order valence-electron chi connectivity index (χ1n) is 2.68. The number of nitrogens with one attached hydrogen (secondary N) is 1. The average molecular weight is 112 g/mol. The number of nitriles is 1. The van der Waals surface area contributed by atoms with Crippen LogP contribution in [-0.4, -0.2) is 6.54 Å². The molecule has 0 aromatic carbocycles. The van der Waals surface area contributed by atoms with E-state index >= 15 is 0 Å². The van der Waals surface area contributed by atoms with Crippen molar-refractivity contribution >= 4 is 0 Å². The van der Waals surface area contributed by atoms with E-state index in [1.54, 1.807) is 0 Å². The second kappa shape index (κ2) is 2.56. The van der Waals surface area contributed by atoms with Gasteiger partial charge in [-0.1, -0.05) is 20.8 Å². The van der Waals surface area contributed by atoms with Gasteiger partial charge in [-0.3, -0.25) is 0 Å². The molecule has 0 spiro atoms. The van der Waals surface area contributed by atoms with Gasteiger partial charge in [-0.25, -0.2) is 0 Å². The summed E-state index contributed by atoms with van der Waals surface area (Å²) >= 11 is 0. The smallest absolute Gasteiger partial charge is 0.176 e. The average Bonchev–Trinajstić information content (AvgIpc) is 1.59. The molecule has 0 aliphatic carbocycles. The molecular weight excluding hydrogens is 100 g/mol. The minimum atomic E-state index is 0.218. The van der Waals surface area contributed by atoms with E-state index in [2.05, 4.69) is 26.1 Å². The summed E-state index contributed by atoms with van der Waals surface area (Å²) < 4.78 is 0. The molecule has 2 heteroatoms. The molecule has 46 valence electrons. The molecule has 0 aliphatic heterocycles. The van der Waals surface area contributed by atoms with Crippen LogP contribution in [-0.2, 0) is 0 Å². The lowest BCUT2D eigenvalue weighted by Crippen LogP contribution is -2.22. The molecule has 2 nitrogen and oxygen atoms in total. The fourth-order valence-electron chi connectivity index (χ4n) is 0.305. The molecule has 1 N–H and O–H groups in total. The van der Waals surface area contributed by atoms with Gasteiger partial charge in [0.05, 0.1) is 0 Å². The van der Waals surface area contributed by atoms with Crippen molar-refractivity contribution in [1.82, 2.24) is 5.32 Å². The summed E-state index contributed by atoms with van der Waals surface area (Å²) in [5, 5.41) is 10.7. The first-order chi connectivity index (χ1) is 3.56. The summed E-state index contributed by atoms with van der Waals surface area (Å²) in [7, 11) is 0. The van der Waals surface area contributed by atoms with Crippen LogP contribution in [0.3, 0.4) is 0 Å². The highest BCUT2D eigenvalue weighted by Gasteiger charge is 2.07. The minimum Gasteiger partial charge on any atom is -0.323 e. The van der Waals surface area contributed by atoms with Gasteiger partial charge in [0, 0.05) is 6.54 Å². The SMILES string of the molecule is CC(C)(C)CNC#N. The normalized spacial score (nSPS) is 10.2. The number of nitrogens with zero attached hydrogens (tertiary/aromatic N) is 1. The Morgan fingerprint density at radius 1 is 1.50 bits per heavy atom. The molecule has 0 saturated carbocycles. The first kappa shape index (κ1) is 7.29. The van der Waals surface area contributed by atoms with Crippen molar-refractivity contribution in [3.63, 3.8) is 0 Å². The van der Waals surface area contributed by atoms with Crippen LogP contribution >= 0.6 is 0 Å². The Morgan fingerprint density at radius 3 is 2.12 bits per heavy atom. The third-order valence-electron chi connectivity index (χ3n) is 0.698. The van der Waals surface area contributed by atoms with Gasteiger partial charge in [0.2, 0.25) is 0 Å². The zero-order valence-electron chi connectivity index (χ0n) is 5.65. The standard InChI is InChI=1S/C6H12N2/c1-6(2,3)4-8-5-7/h8H,4H2,1-3H3. The third-order valence-corrected chi connectivity index (χ3v) is 0.698. The van der Waals surface area contributed by atoms with E-state index in [1.807, 2.05) is 6.19 Å². The molecule has 0 aromatic heterocycles. The fraction of sp³-hybridized carbons (Fsp3) is 0.833. The predicted octanol–water partition coefficient (Wildman–Crippen LogP) is 1.10. The van der Waals surface area contributed by atoms with Crippen molar-refractivity contribution in [2.24, 2.45) is 5.41 Å². The largest absolute Gasteiger partial charge is 0.323 e. The molecule has 0 rings (SSSR count). The van der Waals surface area contributed by atoms with E-state index in [4.69, 9.17) is 5.26 Å². The molecule has 8 heavy (non-hydrogen) atoms. The van der Waals surface area contributed by atoms with Crippen LogP contribution in [0.2, 0.25) is 0 Å². The molecule has 0 heterocycles. The number of hydrogen-bond acceptors (Lipinski definition) is 2. The Hall–Kier alpha value is -0.710. The van der Waals surface area contributed by atoms with Crippen LogP contribution in [0, 0.1) is 16.9 Å². The maximum Gasteiger partial charge on any atom is 0.176 e. The van der Waals surface area contributed by atoms with Gasteiger partial charge in [-0.05, 0) is 5.41 Å². The van der Waals surface area contributed by atoms with E-state index in [-0.39, 0.29) is 5.41 Å². The third kappa shape index (κ3) is 5.29. The van der Waals surface area contributed by atoms with Crippen molar-refractivity contribution in [3.8, 4) is 6.19 Å². The van der Waals surface area contributed by atoms with E-state index in [0.29, 0.717) is 0 Å². The van der Waals surface area contributed by atoms with Crippen LogP contribution in [0.25, 0.3) is 0 Å². The number of rotatable bonds is 1. The molecule has 0 radical (unpaired) electrons. The minimum absolute atomic E-state index is 0.218. The molecule has 0 saturated heterocycles. The van der Waals surface area contributed by atoms with Gasteiger partial charge in [0.1, 0.15) is 0 Å². The maximum atomic E-state index is 8.07. The zero-order chi connectivity index (χ0) is 6.62. The highest BCUT2D eigenvalue weighted by atomic mass is 14.9. The van der Waals surface area contributed by atoms with Crippen molar-refractivity contribution in [2.45, 2.75) is 20.8 Å². The fourth-order valence-corrected chi connectivity index (χ4v) is 0.305. The molecule has 0 aliphatic rings. The van der Waals surface area contributed by atoms with Gasteiger partial charge in [-0.15, -0.1) is 0 Å². The summed E-state index contributed by atoms with van der Waals surface area (Å²) in [6, 6.07) is 0. The molecule has 0 amide bonds. The second-order valence-electron chi connectivity index (χ2n) is 3.03. The molecule has 0 bridgehead atoms. The van der Waals surface area contributed by atoms with Gasteiger partial charge >= 0.3 is 0 Å². The summed E-state index contributed by atoms with van der Waals surface area (Å²) in [6.45, 7) is 7.00. The number of hydrogen-bond donors (Lipinski definition) is 1. The topological polar surface area (TPSA) is 35.8 Å². The lowest BCUT2D eigenvalue weighted by atomic mass is 9.97. The molecule has 0 fully saturated rings. The van der Waals surface area contributed by atoms with E-state index in [9.17, 15) is 0 Å². The quantitative estimate of drug-likeness (QED) is 0.407. The summed E-state index contributed by atoms with van der Waals surface area (Å²) in [5.41, 5.74) is 0.218. The Balaban J connectivity index is 3.28. The molecule has 0 aromatic rings. The first-order valence-corrected chi connectivity index (χ1v) is 2.68. The van der Waals surface area contributed by atoms with Crippen molar-refractivity contribution < 1.29 is 0 Å². The highest BCUT2D eigenvalue weighted by Crippen LogP contribution is 2.09. The van der Waals surface area contributed by atoms with Gasteiger partial charge in [0.15, 0.2) is 6.19 Å². The van der Waals surface area contributed by atoms with Crippen LogP contribution in [0.1, 0.15) is 20.8 Å². The Bertz CT molecular complexity index is 94.1. The highest BCUT2D eigenvalue weighted by molar-refractivity contribution is 4.72. The van der Waals surface area contributed by atoms with Crippen molar-refractivity contribution in [1.29, 1.82) is 5.26 Å². The maximum absolute atomic E-state index is 8.07. The monoisotopic (exact) mass is 112 g/mol. The van der Waals surface area contributed by atoms with Crippen LogP contribution < -0.4 is 5.32 Å². The van der Waals surface area contributed by atoms with Crippen molar-refractivity contribution in [3.05, 3.63) is 0 Å². The van der Waals surface area contributed by atoms with Gasteiger partial charge in [-0.2, -0.15) is 5.26 Å². The molecule has 0 atom stereocenters. The second-order valence-corrected chi connectivity index (χ2v) is 3.03. The summed E-state index contributed by atoms with van der Waals surface area (Å²) in [4.78, 5) is 0. The Labute approximate surface area is 50.5 Å². The van der Waals surface area contributed by atoms with E-state index in [0.717, 1.165) is 6.54 Å². The molecule has 0 unspecified atom stereocenters. The summed E-state index contributed by atoms with van der Waals surface area (Å²) in [5.74, 6) is 0. The van der Waals surface area contributed by atoms with Crippen LogP contribution in [0.4, 0.5) is 0 Å². The molecular formula is C6H12N2. The van der Waals surface area contributed by atoms with Gasteiger partial charge in [0.25, 0.3) is 0 Å². The lowest BCUT2D eigenvalue weighted by Gasteiger charge is -2.15. The zero-order valence-corrected chi connectivity index (χ0v) is 5.65. The van der Waals surface area contributed by atoms with Crippen LogP contribution in [0.15, 0.2) is 0 Å². The Kier molecular flexibility index (Phi) is 2.33. The van der Waals surface area contributed by atoms with Crippen molar-refractivity contribution in [2.75, 3.05) is 6.54 Å². The van der Waals surface area contributed by atoms with E-state index < -0.39 is 0 Å². The lowest BCUT2D eigenvalue weighted by molar-refractivity contribution is 0.405. The van der Waals surface area contributed by atoms with E-state index in [1.165, 1.54) is 0 Å².